The molecule has 1 aliphatic rings. The van der Waals surface area contributed by atoms with Gasteiger partial charge in [0.1, 0.15) is 0 Å². The van der Waals surface area contributed by atoms with Crippen LogP contribution < -0.4 is 10.6 Å². The molecule has 0 aliphatic carbocycles. The van der Waals surface area contributed by atoms with Gasteiger partial charge >= 0.3 is 0 Å². The first-order valence-corrected chi connectivity index (χ1v) is 7.29. The first-order chi connectivity index (χ1) is 9.70. The Balaban J connectivity index is 1.84. The van der Waals surface area contributed by atoms with E-state index in [1.54, 1.807) is 7.11 Å². The van der Waals surface area contributed by atoms with Crippen LogP contribution in [0.25, 0.3) is 0 Å². The van der Waals surface area contributed by atoms with Crippen LogP contribution in [0, 0.1) is 5.92 Å². The van der Waals surface area contributed by atoms with Gasteiger partial charge in [-0.1, -0.05) is 30.3 Å². The van der Waals surface area contributed by atoms with Crippen LogP contribution in [0.15, 0.2) is 30.3 Å². The van der Waals surface area contributed by atoms with E-state index in [-0.39, 0.29) is 5.91 Å². The van der Waals surface area contributed by atoms with E-state index in [1.807, 2.05) is 30.3 Å². The number of carbonyl (C=O) groups is 1. The van der Waals surface area contributed by atoms with Gasteiger partial charge in [0.25, 0.3) is 5.91 Å². The molecule has 20 heavy (non-hydrogen) atoms. The SMILES string of the molecule is COC(C(=O)NCC1CCC(C)NC1)c1ccccc1. The predicted molar refractivity (Wildman–Crippen MR) is 79.4 cm³/mol. The van der Waals surface area contributed by atoms with E-state index < -0.39 is 6.10 Å². The molecule has 1 heterocycles. The number of amides is 1. The van der Waals surface area contributed by atoms with Crippen molar-refractivity contribution in [3.63, 3.8) is 0 Å². The normalized spacial score (nSPS) is 24.1. The van der Waals surface area contributed by atoms with E-state index in [1.165, 1.54) is 6.42 Å². The van der Waals surface area contributed by atoms with E-state index in [4.69, 9.17) is 4.74 Å². The second kappa shape index (κ2) is 7.41. The lowest BCUT2D eigenvalue weighted by Crippen LogP contribution is -2.43. The summed E-state index contributed by atoms with van der Waals surface area (Å²) in [6.07, 6.45) is 1.82. The zero-order chi connectivity index (χ0) is 14.4. The summed E-state index contributed by atoms with van der Waals surface area (Å²) in [5.41, 5.74) is 0.892. The summed E-state index contributed by atoms with van der Waals surface area (Å²) in [4.78, 5) is 12.2. The van der Waals surface area contributed by atoms with E-state index >= 15 is 0 Å². The molecule has 3 atom stereocenters. The first-order valence-electron chi connectivity index (χ1n) is 7.29. The van der Waals surface area contributed by atoms with Crippen LogP contribution in [-0.4, -0.2) is 32.1 Å². The summed E-state index contributed by atoms with van der Waals surface area (Å²) < 4.78 is 5.33. The Morgan fingerprint density at radius 1 is 1.40 bits per heavy atom. The average molecular weight is 276 g/mol. The summed E-state index contributed by atoms with van der Waals surface area (Å²) in [6.45, 7) is 3.89. The third-order valence-electron chi connectivity index (χ3n) is 3.90. The average Bonchev–Trinajstić information content (AvgIpc) is 2.48. The van der Waals surface area contributed by atoms with Crippen molar-refractivity contribution in [1.29, 1.82) is 0 Å². The van der Waals surface area contributed by atoms with Crippen LogP contribution in [0.4, 0.5) is 0 Å². The first kappa shape index (κ1) is 15.0. The minimum atomic E-state index is -0.522. The molecular weight excluding hydrogens is 252 g/mol. The van der Waals surface area contributed by atoms with Crippen LogP contribution in [-0.2, 0) is 9.53 Å². The fraction of sp³-hybridized carbons (Fsp3) is 0.562. The second-order valence-corrected chi connectivity index (χ2v) is 5.52. The molecule has 1 saturated heterocycles. The third kappa shape index (κ3) is 4.05. The van der Waals surface area contributed by atoms with Gasteiger partial charge < -0.3 is 15.4 Å². The number of nitrogens with one attached hydrogen (secondary N) is 2. The summed E-state index contributed by atoms with van der Waals surface area (Å²) in [5, 5.41) is 6.46. The predicted octanol–water partition coefficient (Wildman–Crippen LogP) is 1.88. The summed E-state index contributed by atoms with van der Waals surface area (Å²) in [7, 11) is 1.57. The minimum Gasteiger partial charge on any atom is -0.367 e. The number of piperidine rings is 1. The Labute approximate surface area is 120 Å². The van der Waals surface area contributed by atoms with Crippen LogP contribution in [0.5, 0.6) is 0 Å². The highest BCUT2D eigenvalue weighted by Crippen LogP contribution is 2.17. The van der Waals surface area contributed by atoms with E-state index in [0.717, 1.165) is 18.5 Å². The smallest absolute Gasteiger partial charge is 0.253 e. The van der Waals surface area contributed by atoms with E-state index in [0.29, 0.717) is 18.5 Å². The molecule has 0 radical (unpaired) electrons. The Morgan fingerprint density at radius 3 is 2.75 bits per heavy atom. The Bertz CT molecular complexity index is 414. The lowest BCUT2D eigenvalue weighted by molar-refractivity contribution is -0.131. The quantitative estimate of drug-likeness (QED) is 0.863. The number of hydrogen-bond acceptors (Lipinski definition) is 3. The van der Waals surface area contributed by atoms with Gasteiger partial charge in [-0.3, -0.25) is 4.79 Å². The van der Waals surface area contributed by atoms with Crippen molar-refractivity contribution in [3.05, 3.63) is 35.9 Å². The molecule has 4 heteroatoms. The molecule has 110 valence electrons. The Morgan fingerprint density at radius 2 is 2.15 bits per heavy atom. The standard InChI is InChI=1S/C16H24N2O2/c1-12-8-9-13(10-17-12)11-18-16(19)15(20-2)14-6-4-3-5-7-14/h3-7,12-13,15,17H,8-11H2,1-2H3,(H,18,19). The zero-order valence-corrected chi connectivity index (χ0v) is 12.3. The van der Waals surface area contributed by atoms with Crippen molar-refractivity contribution in [2.24, 2.45) is 5.92 Å². The van der Waals surface area contributed by atoms with Crippen molar-refractivity contribution in [2.45, 2.75) is 31.9 Å². The largest absolute Gasteiger partial charge is 0.367 e. The van der Waals surface area contributed by atoms with Crippen molar-refractivity contribution >= 4 is 5.91 Å². The molecule has 0 bridgehead atoms. The van der Waals surface area contributed by atoms with Gasteiger partial charge in [0.15, 0.2) is 6.10 Å². The van der Waals surface area contributed by atoms with Crippen molar-refractivity contribution in [2.75, 3.05) is 20.2 Å². The highest BCUT2D eigenvalue weighted by Gasteiger charge is 2.22. The molecule has 2 rings (SSSR count). The van der Waals surface area contributed by atoms with Gasteiger partial charge in [-0.15, -0.1) is 0 Å². The molecule has 1 aromatic carbocycles. The maximum absolute atomic E-state index is 12.2. The second-order valence-electron chi connectivity index (χ2n) is 5.52. The Kier molecular flexibility index (Phi) is 5.56. The van der Waals surface area contributed by atoms with Crippen molar-refractivity contribution in [3.8, 4) is 0 Å². The minimum absolute atomic E-state index is 0.0580. The number of benzene rings is 1. The molecular formula is C16H24N2O2. The van der Waals surface area contributed by atoms with Crippen LogP contribution in [0.1, 0.15) is 31.4 Å². The fourth-order valence-electron chi connectivity index (χ4n) is 2.59. The molecule has 1 fully saturated rings. The van der Waals surface area contributed by atoms with Gasteiger partial charge in [-0.05, 0) is 37.8 Å². The van der Waals surface area contributed by atoms with Gasteiger partial charge in [0.05, 0.1) is 0 Å². The van der Waals surface area contributed by atoms with Crippen LogP contribution in [0.3, 0.4) is 0 Å². The molecule has 2 N–H and O–H groups in total. The van der Waals surface area contributed by atoms with E-state index in [9.17, 15) is 4.79 Å². The number of ether oxygens (including phenoxy) is 1. The molecule has 1 amide bonds. The maximum Gasteiger partial charge on any atom is 0.253 e. The van der Waals surface area contributed by atoms with Gasteiger partial charge in [0, 0.05) is 19.7 Å². The van der Waals surface area contributed by atoms with Gasteiger partial charge in [0.2, 0.25) is 0 Å². The lowest BCUT2D eigenvalue weighted by atomic mass is 9.95. The number of carbonyl (C=O) groups excluding carboxylic acids is 1. The molecule has 1 aliphatic heterocycles. The summed E-state index contributed by atoms with van der Waals surface area (Å²) >= 11 is 0. The number of rotatable bonds is 5. The molecule has 3 unspecified atom stereocenters. The van der Waals surface area contributed by atoms with Gasteiger partial charge in [-0.25, -0.2) is 0 Å². The van der Waals surface area contributed by atoms with E-state index in [2.05, 4.69) is 17.6 Å². The molecule has 1 aromatic rings. The van der Waals surface area contributed by atoms with Crippen molar-refractivity contribution < 1.29 is 9.53 Å². The van der Waals surface area contributed by atoms with Crippen molar-refractivity contribution in [1.82, 2.24) is 10.6 Å². The fourth-order valence-corrected chi connectivity index (χ4v) is 2.59. The highest BCUT2D eigenvalue weighted by atomic mass is 16.5. The molecule has 0 aromatic heterocycles. The number of methoxy groups -OCH3 is 1. The monoisotopic (exact) mass is 276 g/mol. The maximum atomic E-state index is 12.2. The number of hydrogen-bond donors (Lipinski definition) is 2. The lowest BCUT2D eigenvalue weighted by Gasteiger charge is -2.28. The molecule has 4 nitrogen and oxygen atoms in total. The Hall–Kier alpha value is -1.39. The topological polar surface area (TPSA) is 50.4 Å². The zero-order valence-electron chi connectivity index (χ0n) is 12.3. The summed E-state index contributed by atoms with van der Waals surface area (Å²) in [5.74, 6) is 0.459. The van der Waals surface area contributed by atoms with Crippen LogP contribution in [0.2, 0.25) is 0 Å². The van der Waals surface area contributed by atoms with Crippen LogP contribution >= 0.6 is 0 Å². The van der Waals surface area contributed by atoms with Gasteiger partial charge in [-0.2, -0.15) is 0 Å². The molecule has 0 spiro atoms. The third-order valence-corrected chi connectivity index (χ3v) is 3.90. The highest BCUT2D eigenvalue weighted by molar-refractivity contribution is 5.82. The summed E-state index contributed by atoms with van der Waals surface area (Å²) in [6, 6.07) is 10.2. The molecule has 0 saturated carbocycles.